The monoisotopic (exact) mass is 359 g/mol. The highest BCUT2D eigenvalue weighted by Gasteiger charge is 2.28. The highest BCUT2D eigenvalue weighted by atomic mass is 32.2. The van der Waals surface area contributed by atoms with Gasteiger partial charge >= 0.3 is 11.6 Å². The van der Waals surface area contributed by atoms with Crippen LogP contribution in [-0.4, -0.2) is 24.1 Å². The molecule has 1 rings (SSSR count). The summed E-state index contributed by atoms with van der Waals surface area (Å²) in [6, 6.07) is 6.76. The molecule has 128 valence electrons. The van der Waals surface area contributed by atoms with Crippen LogP contribution in [0.25, 0.3) is 0 Å². The Morgan fingerprint density at radius 1 is 1.33 bits per heavy atom. The molecule has 2 amide bonds. The number of amides is 2. The van der Waals surface area contributed by atoms with Gasteiger partial charge in [0.1, 0.15) is 11.6 Å². The molecule has 0 atom stereocenters. The van der Waals surface area contributed by atoms with Crippen LogP contribution in [0.3, 0.4) is 0 Å². The van der Waals surface area contributed by atoms with Crippen molar-refractivity contribution in [2.75, 3.05) is 11.9 Å². The largest absolute Gasteiger partial charge is 0.450 e. The number of rotatable bonds is 5. The zero-order valence-corrected chi connectivity index (χ0v) is 13.1. The first kappa shape index (κ1) is 19.4. The molecule has 0 radical (unpaired) electrons. The summed E-state index contributed by atoms with van der Waals surface area (Å²) in [5.74, 6) is -0.965. The number of nitrogens with one attached hydrogen (secondary N) is 2. The minimum Gasteiger partial charge on any atom is -0.450 e. The molecule has 24 heavy (non-hydrogen) atoms. The van der Waals surface area contributed by atoms with Crippen LogP contribution in [-0.2, 0) is 9.53 Å². The molecule has 0 bridgehead atoms. The van der Waals surface area contributed by atoms with Gasteiger partial charge < -0.3 is 10.1 Å². The highest BCUT2D eigenvalue weighted by Crippen LogP contribution is 2.36. The second-order valence-electron chi connectivity index (χ2n) is 4.06. The van der Waals surface area contributed by atoms with E-state index in [4.69, 9.17) is 5.26 Å². The van der Waals surface area contributed by atoms with Gasteiger partial charge in [0.15, 0.2) is 0 Å². The van der Waals surface area contributed by atoms with E-state index in [1.165, 1.54) is 24.3 Å². The zero-order valence-electron chi connectivity index (χ0n) is 12.3. The fourth-order valence-corrected chi connectivity index (χ4v) is 1.92. The standard InChI is InChI=1S/C14H12F3N3O3S/c1-2-23-13(22)20-12(21)9(7-18)8-19-10-3-5-11(6-4-10)24-14(15,16)17/h3-6,8,19H,2H2,1H3,(H,20,21,22)/b9-8-. The summed E-state index contributed by atoms with van der Waals surface area (Å²) in [5, 5.41) is 13.3. The second kappa shape index (κ2) is 8.83. The molecule has 2 N–H and O–H groups in total. The van der Waals surface area contributed by atoms with Crippen LogP contribution in [0.4, 0.5) is 23.7 Å². The van der Waals surface area contributed by atoms with Crippen molar-refractivity contribution in [1.29, 1.82) is 5.26 Å². The number of hydrogen-bond acceptors (Lipinski definition) is 6. The van der Waals surface area contributed by atoms with Gasteiger partial charge in [-0.15, -0.1) is 0 Å². The van der Waals surface area contributed by atoms with Crippen molar-refractivity contribution in [2.45, 2.75) is 17.3 Å². The molecule has 0 aliphatic heterocycles. The first-order valence-electron chi connectivity index (χ1n) is 6.46. The fraction of sp³-hybridized carbons (Fsp3) is 0.214. The molecular formula is C14H12F3N3O3S. The van der Waals surface area contributed by atoms with Crippen LogP contribution in [0.15, 0.2) is 40.9 Å². The Morgan fingerprint density at radius 2 is 1.96 bits per heavy atom. The van der Waals surface area contributed by atoms with Crippen molar-refractivity contribution in [3.63, 3.8) is 0 Å². The van der Waals surface area contributed by atoms with Gasteiger partial charge in [0.05, 0.1) is 6.61 Å². The predicted octanol–water partition coefficient (Wildman–Crippen LogP) is 3.39. The molecule has 0 unspecified atom stereocenters. The van der Waals surface area contributed by atoms with Gasteiger partial charge in [-0.05, 0) is 43.0 Å². The minimum absolute atomic E-state index is 0.00223. The second-order valence-corrected chi connectivity index (χ2v) is 5.20. The first-order valence-corrected chi connectivity index (χ1v) is 7.27. The number of hydrogen-bond donors (Lipinski definition) is 2. The van der Waals surface area contributed by atoms with Crippen LogP contribution in [0.2, 0.25) is 0 Å². The molecule has 0 aliphatic rings. The summed E-state index contributed by atoms with van der Waals surface area (Å²) in [6.45, 7) is 1.61. The van der Waals surface area contributed by atoms with Gasteiger partial charge in [0.2, 0.25) is 0 Å². The Hall–Kier alpha value is -2.67. The van der Waals surface area contributed by atoms with Crippen LogP contribution >= 0.6 is 11.8 Å². The lowest BCUT2D eigenvalue weighted by Gasteiger charge is -2.07. The summed E-state index contributed by atoms with van der Waals surface area (Å²) in [5.41, 5.74) is -4.43. The smallest absolute Gasteiger partial charge is 0.446 e. The van der Waals surface area contributed by atoms with Crippen molar-refractivity contribution in [3.05, 3.63) is 36.0 Å². The third-order valence-corrected chi connectivity index (χ3v) is 3.07. The number of nitriles is 1. The van der Waals surface area contributed by atoms with E-state index in [1.54, 1.807) is 13.0 Å². The normalized spacial score (nSPS) is 11.4. The van der Waals surface area contributed by atoms with Crippen molar-refractivity contribution in [3.8, 4) is 6.07 Å². The van der Waals surface area contributed by atoms with Gasteiger partial charge in [0.25, 0.3) is 5.91 Å². The summed E-state index contributed by atoms with van der Waals surface area (Å²) < 4.78 is 41.1. The van der Waals surface area contributed by atoms with Crippen molar-refractivity contribution < 1.29 is 27.5 Å². The lowest BCUT2D eigenvalue weighted by atomic mass is 10.3. The van der Waals surface area contributed by atoms with E-state index >= 15 is 0 Å². The van der Waals surface area contributed by atoms with Gasteiger partial charge in [-0.3, -0.25) is 10.1 Å². The Kier molecular flexibility index (Phi) is 7.13. The third-order valence-electron chi connectivity index (χ3n) is 2.33. The van der Waals surface area contributed by atoms with Gasteiger partial charge in [-0.1, -0.05) is 0 Å². The summed E-state index contributed by atoms with van der Waals surface area (Å²) in [6.07, 6.45) is 0.0395. The summed E-state index contributed by atoms with van der Waals surface area (Å²) >= 11 is -0.256. The number of thioether (sulfide) groups is 1. The third kappa shape index (κ3) is 7.06. The molecule has 0 fully saturated rings. The average Bonchev–Trinajstić information content (AvgIpc) is 2.48. The van der Waals surface area contributed by atoms with Crippen molar-refractivity contribution in [1.82, 2.24) is 5.32 Å². The number of anilines is 1. The van der Waals surface area contributed by atoms with E-state index in [1.807, 2.05) is 5.32 Å². The molecular weight excluding hydrogens is 347 g/mol. The van der Waals surface area contributed by atoms with Crippen LogP contribution < -0.4 is 10.6 Å². The van der Waals surface area contributed by atoms with E-state index in [0.29, 0.717) is 5.69 Å². The van der Waals surface area contributed by atoms with Crippen molar-refractivity contribution >= 4 is 29.4 Å². The van der Waals surface area contributed by atoms with E-state index < -0.39 is 23.1 Å². The predicted molar refractivity (Wildman–Crippen MR) is 80.8 cm³/mol. The number of ether oxygens (including phenoxy) is 1. The number of carbonyl (C=O) groups is 2. The lowest BCUT2D eigenvalue weighted by Crippen LogP contribution is -2.32. The first-order chi connectivity index (χ1) is 11.2. The number of alkyl carbamates (subject to hydrolysis) is 1. The van der Waals surface area contributed by atoms with E-state index in [2.05, 4.69) is 10.1 Å². The van der Waals surface area contributed by atoms with Gasteiger partial charge in [0, 0.05) is 16.8 Å². The number of alkyl halides is 3. The summed E-state index contributed by atoms with van der Waals surface area (Å²) in [4.78, 5) is 22.7. The van der Waals surface area contributed by atoms with Crippen LogP contribution in [0.5, 0.6) is 0 Å². The van der Waals surface area contributed by atoms with Crippen molar-refractivity contribution in [2.24, 2.45) is 0 Å². The molecule has 0 saturated heterocycles. The Morgan fingerprint density at radius 3 is 2.46 bits per heavy atom. The quantitative estimate of drug-likeness (QED) is 0.476. The molecule has 1 aromatic carbocycles. The molecule has 0 heterocycles. The number of nitrogens with zero attached hydrogens (tertiary/aromatic N) is 1. The maximum Gasteiger partial charge on any atom is 0.446 e. The SMILES string of the molecule is CCOC(=O)NC(=O)/C(C#N)=C\Nc1ccc(SC(F)(F)F)cc1. The number of imide groups is 1. The molecule has 0 saturated carbocycles. The van der Waals surface area contributed by atoms with E-state index in [0.717, 1.165) is 6.20 Å². The van der Waals surface area contributed by atoms with Gasteiger partial charge in [-0.25, -0.2) is 4.79 Å². The van der Waals surface area contributed by atoms with E-state index in [-0.39, 0.29) is 23.3 Å². The lowest BCUT2D eigenvalue weighted by molar-refractivity contribution is -0.116. The molecule has 6 nitrogen and oxygen atoms in total. The molecule has 0 spiro atoms. The maximum absolute atomic E-state index is 12.2. The fourth-order valence-electron chi connectivity index (χ4n) is 1.38. The zero-order chi connectivity index (χ0) is 18.2. The van der Waals surface area contributed by atoms with Crippen LogP contribution in [0, 0.1) is 11.3 Å². The number of halogens is 3. The van der Waals surface area contributed by atoms with Gasteiger partial charge in [-0.2, -0.15) is 18.4 Å². The van der Waals surface area contributed by atoms with E-state index in [9.17, 15) is 22.8 Å². The topological polar surface area (TPSA) is 91.2 Å². The molecule has 0 aromatic heterocycles. The maximum atomic E-state index is 12.2. The minimum atomic E-state index is -4.38. The Labute approximate surface area is 139 Å². The molecule has 0 aliphatic carbocycles. The molecule has 1 aromatic rings. The average molecular weight is 359 g/mol. The number of carbonyl (C=O) groups excluding carboxylic acids is 2. The molecule has 10 heteroatoms. The summed E-state index contributed by atoms with van der Waals surface area (Å²) in [7, 11) is 0. The van der Waals surface area contributed by atoms with Crippen LogP contribution in [0.1, 0.15) is 6.92 Å². The number of benzene rings is 1. The Bertz CT molecular complexity index is 667. The Balaban J connectivity index is 2.70. The highest BCUT2D eigenvalue weighted by molar-refractivity contribution is 8.00.